The third-order valence-corrected chi connectivity index (χ3v) is 9.23. The van der Waals surface area contributed by atoms with Crippen LogP contribution in [0.2, 0.25) is 0 Å². The maximum absolute atomic E-state index is 14.0. The van der Waals surface area contributed by atoms with Crippen LogP contribution in [0.5, 0.6) is 0 Å². The average molecular weight is 632 g/mol. The van der Waals surface area contributed by atoms with Crippen molar-refractivity contribution in [2.75, 3.05) is 18.1 Å². The Bertz CT molecular complexity index is 1410. The first kappa shape index (κ1) is 32.4. The second kappa shape index (κ2) is 15.3. The maximum atomic E-state index is 14.0. The van der Waals surface area contributed by atoms with Gasteiger partial charge in [-0.25, -0.2) is 15.0 Å². The van der Waals surface area contributed by atoms with Crippen LogP contribution in [-0.4, -0.2) is 51.4 Å². The molecule has 230 valence electrons. The molecule has 1 fully saturated rings. The molecule has 0 bridgehead atoms. The van der Waals surface area contributed by atoms with Gasteiger partial charge in [0.15, 0.2) is 0 Å². The number of hydrogen-bond acceptors (Lipinski definition) is 11. The number of esters is 2. The molecule has 43 heavy (non-hydrogen) atoms. The Morgan fingerprint density at radius 3 is 2.05 bits per heavy atom. The molecule has 2 aromatic carbocycles. The number of carbonyl (C=O) groups excluding carboxylic acids is 2. The summed E-state index contributed by atoms with van der Waals surface area (Å²) in [7, 11) is -4.08. The summed E-state index contributed by atoms with van der Waals surface area (Å²) in [4.78, 5) is 41.4. The Balaban J connectivity index is 1.39. The summed E-state index contributed by atoms with van der Waals surface area (Å²) >= 11 is 1.33. The Labute approximate surface area is 253 Å². The Morgan fingerprint density at radius 1 is 1.00 bits per heavy atom. The molecular weight excluding hydrogens is 597 g/mol. The van der Waals surface area contributed by atoms with E-state index >= 15 is 0 Å². The van der Waals surface area contributed by atoms with Crippen molar-refractivity contribution in [3.8, 4) is 0 Å². The summed E-state index contributed by atoms with van der Waals surface area (Å²) in [5.74, 6) is -0.849. The van der Waals surface area contributed by atoms with Gasteiger partial charge in [0.2, 0.25) is 0 Å². The number of thioether (sulfide) groups is 1. The lowest BCUT2D eigenvalue weighted by Crippen LogP contribution is -2.42. The van der Waals surface area contributed by atoms with Crippen molar-refractivity contribution >= 4 is 37.2 Å². The Morgan fingerprint density at radius 2 is 1.53 bits per heavy atom. The first-order valence-corrected chi connectivity index (χ1v) is 16.1. The fraction of sp³-hybridized carbons (Fsp3) is 0.357. The van der Waals surface area contributed by atoms with E-state index < -0.39 is 49.0 Å². The molecular formula is C28H34N5O8PS. The fourth-order valence-corrected chi connectivity index (χ4v) is 6.81. The van der Waals surface area contributed by atoms with E-state index in [1.807, 2.05) is 60.7 Å². The van der Waals surface area contributed by atoms with Crippen LogP contribution in [0.1, 0.15) is 31.2 Å². The van der Waals surface area contributed by atoms with Crippen LogP contribution in [0, 0.1) is 0 Å². The zero-order valence-corrected chi connectivity index (χ0v) is 25.4. The first-order valence-electron chi connectivity index (χ1n) is 13.4. The molecule has 1 aromatic heterocycles. The van der Waals surface area contributed by atoms with Gasteiger partial charge in [-0.05, 0) is 31.0 Å². The number of nitrogens with two attached hydrogens (primary N) is 1. The second-order valence-corrected chi connectivity index (χ2v) is 12.7. The SMILES string of the molecule is C[C@H](NP(=O)(N[C@@H](C)C(=O)OCc1ccccc1)OC[C@H]1O[C@@H](n2ccc(N)nc2=O)CS1)C(=O)OCc1ccccc1. The normalized spacial score (nSPS) is 18.1. The van der Waals surface area contributed by atoms with Gasteiger partial charge in [-0.2, -0.15) is 4.98 Å². The lowest BCUT2D eigenvalue weighted by Gasteiger charge is -2.26. The summed E-state index contributed by atoms with van der Waals surface area (Å²) in [6.07, 6.45) is 0.844. The van der Waals surface area contributed by atoms with Crippen LogP contribution in [0.3, 0.4) is 0 Å². The van der Waals surface area contributed by atoms with Crippen LogP contribution in [0.25, 0.3) is 0 Å². The van der Waals surface area contributed by atoms with Gasteiger partial charge in [0.05, 0.1) is 6.61 Å². The summed E-state index contributed by atoms with van der Waals surface area (Å²) in [6.45, 7) is 2.80. The first-order chi connectivity index (χ1) is 20.6. The number of anilines is 1. The summed E-state index contributed by atoms with van der Waals surface area (Å²) < 4.78 is 37.7. The maximum Gasteiger partial charge on any atom is 0.351 e. The zero-order valence-electron chi connectivity index (χ0n) is 23.7. The van der Waals surface area contributed by atoms with Crippen molar-refractivity contribution in [1.82, 2.24) is 19.7 Å². The van der Waals surface area contributed by atoms with Crippen LogP contribution < -0.4 is 21.6 Å². The van der Waals surface area contributed by atoms with Gasteiger partial charge in [0.1, 0.15) is 42.8 Å². The Hall–Kier alpha value is -3.52. The summed E-state index contributed by atoms with van der Waals surface area (Å²) in [6, 6.07) is 17.6. The van der Waals surface area contributed by atoms with Crippen molar-refractivity contribution in [2.45, 2.75) is 50.8 Å². The zero-order chi connectivity index (χ0) is 30.8. The third kappa shape index (κ3) is 9.75. The van der Waals surface area contributed by atoms with Crippen molar-refractivity contribution < 1.29 is 32.9 Å². The Kier molecular flexibility index (Phi) is 11.5. The second-order valence-electron chi connectivity index (χ2n) is 9.63. The van der Waals surface area contributed by atoms with E-state index in [2.05, 4.69) is 15.2 Å². The summed E-state index contributed by atoms with van der Waals surface area (Å²) in [5.41, 5.74) is 5.96. The number of hydrogen-bond donors (Lipinski definition) is 3. The van der Waals surface area contributed by atoms with E-state index in [1.165, 1.54) is 42.4 Å². The van der Waals surface area contributed by atoms with Gasteiger partial charge in [-0.15, -0.1) is 11.8 Å². The molecule has 0 unspecified atom stereocenters. The molecule has 4 N–H and O–H groups in total. The molecule has 1 saturated heterocycles. The molecule has 4 atom stereocenters. The lowest BCUT2D eigenvalue weighted by molar-refractivity contribution is -0.147. The minimum absolute atomic E-state index is 0.0276. The van der Waals surface area contributed by atoms with Crippen LogP contribution in [0.4, 0.5) is 5.82 Å². The third-order valence-electron chi connectivity index (χ3n) is 6.17. The van der Waals surface area contributed by atoms with Gasteiger partial charge < -0.3 is 24.5 Å². The van der Waals surface area contributed by atoms with Gasteiger partial charge in [0.25, 0.3) is 0 Å². The van der Waals surface area contributed by atoms with E-state index in [0.717, 1.165) is 11.1 Å². The minimum Gasteiger partial charge on any atom is -0.460 e. The number of benzene rings is 2. The van der Waals surface area contributed by atoms with Gasteiger partial charge in [-0.3, -0.25) is 18.7 Å². The van der Waals surface area contributed by atoms with Gasteiger partial charge >= 0.3 is 25.3 Å². The predicted octanol–water partition coefficient (Wildman–Crippen LogP) is 2.98. The predicted molar refractivity (Wildman–Crippen MR) is 161 cm³/mol. The monoisotopic (exact) mass is 631 g/mol. The number of nitrogen functional groups attached to an aromatic ring is 1. The smallest absolute Gasteiger partial charge is 0.351 e. The number of aromatic nitrogens is 2. The average Bonchev–Trinajstić information content (AvgIpc) is 3.47. The molecule has 15 heteroatoms. The van der Waals surface area contributed by atoms with E-state index in [9.17, 15) is 18.9 Å². The van der Waals surface area contributed by atoms with Crippen LogP contribution >= 0.6 is 19.4 Å². The number of nitrogens with zero attached hydrogens (tertiary/aromatic N) is 2. The molecule has 1 aliphatic rings. The highest BCUT2D eigenvalue weighted by Crippen LogP contribution is 2.42. The van der Waals surface area contributed by atoms with E-state index in [-0.39, 0.29) is 25.6 Å². The van der Waals surface area contributed by atoms with Crippen LogP contribution in [0.15, 0.2) is 77.7 Å². The number of rotatable bonds is 14. The van der Waals surface area contributed by atoms with Crippen molar-refractivity contribution in [3.63, 3.8) is 0 Å². The van der Waals surface area contributed by atoms with E-state index in [0.29, 0.717) is 5.75 Å². The standard InChI is InChI=1S/C28H34N5O8PS/c1-19(26(34)38-15-21-9-5-3-6-10-21)31-42(37,32-20(2)27(35)39-16-22-11-7-4-8-12-22)40-17-25-41-24(18-43-25)33-14-13-23(29)30-28(33)36/h3-14,19-20,24-25H,15-18H2,1-2H3,(H2,29,30,36)(H2,31,32,37)/t19-,20-,24+,25-/m0/s1. The van der Waals surface area contributed by atoms with Gasteiger partial charge in [0, 0.05) is 11.9 Å². The van der Waals surface area contributed by atoms with Crippen molar-refractivity contribution in [2.24, 2.45) is 0 Å². The summed E-state index contributed by atoms with van der Waals surface area (Å²) in [5, 5.41) is 5.33. The largest absolute Gasteiger partial charge is 0.460 e. The number of ether oxygens (including phenoxy) is 3. The fourth-order valence-electron chi connectivity index (χ4n) is 3.92. The van der Waals surface area contributed by atoms with Crippen LogP contribution in [-0.2, 0) is 46.1 Å². The topological polar surface area (TPSA) is 173 Å². The molecule has 0 spiro atoms. The van der Waals surface area contributed by atoms with E-state index in [1.54, 1.807) is 0 Å². The van der Waals surface area contributed by atoms with Gasteiger partial charge in [-0.1, -0.05) is 60.7 Å². The van der Waals surface area contributed by atoms with Crippen molar-refractivity contribution in [1.29, 1.82) is 0 Å². The lowest BCUT2D eigenvalue weighted by atomic mass is 10.2. The minimum atomic E-state index is -4.08. The van der Waals surface area contributed by atoms with E-state index in [4.69, 9.17) is 24.5 Å². The molecule has 0 radical (unpaired) electrons. The number of carbonyl (C=O) groups is 2. The molecule has 0 amide bonds. The molecule has 0 aliphatic carbocycles. The molecule has 3 aromatic rings. The highest BCUT2D eigenvalue weighted by Gasteiger charge is 2.36. The highest BCUT2D eigenvalue weighted by molar-refractivity contribution is 8.00. The molecule has 1 aliphatic heterocycles. The number of nitrogens with one attached hydrogen (secondary N) is 2. The van der Waals surface area contributed by atoms with Crippen molar-refractivity contribution in [3.05, 3.63) is 94.5 Å². The molecule has 2 heterocycles. The molecule has 0 saturated carbocycles. The molecule has 4 rings (SSSR count). The molecule has 13 nitrogen and oxygen atoms in total. The quantitative estimate of drug-likeness (QED) is 0.175. The highest BCUT2D eigenvalue weighted by atomic mass is 32.2.